The maximum absolute atomic E-state index is 12.8. The third-order valence-corrected chi connectivity index (χ3v) is 5.54. The van der Waals surface area contributed by atoms with Crippen LogP contribution in [-0.4, -0.2) is 44.1 Å². The van der Waals surface area contributed by atoms with Crippen LogP contribution in [0.3, 0.4) is 0 Å². The van der Waals surface area contributed by atoms with Gasteiger partial charge in [-0.2, -0.15) is 9.97 Å². The second-order valence-corrected chi connectivity index (χ2v) is 11.1. The predicted molar refractivity (Wildman–Crippen MR) is 121 cm³/mol. The normalized spacial score (nSPS) is 13.1. The second-order valence-electron chi connectivity index (χ2n) is 9.15. The zero-order chi connectivity index (χ0) is 24.3. The molecule has 0 spiro atoms. The van der Waals surface area contributed by atoms with Gasteiger partial charge in [-0.1, -0.05) is 22.2 Å². The van der Waals surface area contributed by atoms with E-state index < -0.39 is 36.6 Å². The molecule has 32 heavy (non-hydrogen) atoms. The Balaban J connectivity index is 2.06. The van der Waals surface area contributed by atoms with E-state index >= 15 is 0 Å². The van der Waals surface area contributed by atoms with Crippen molar-refractivity contribution in [3.05, 3.63) is 23.1 Å². The van der Waals surface area contributed by atoms with Crippen LogP contribution in [0, 0.1) is 10.8 Å². The first-order valence-corrected chi connectivity index (χ1v) is 11.8. The van der Waals surface area contributed by atoms with E-state index in [9.17, 15) is 14.2 Å². The minimum atomic E-state index is -2.23. The largest absolute Gasteiger partial charge is 0.451 e. The molecular formula is C20H28ClN5O5P+. The van der Waals surface area contributed by atoms with Gasteiger partial charge in [-0.3, -0.25) is 9.59 Å². The van der Waals surface area contributed by atoms with Crippen LogP contribution in [0.4, 0.5) is 5.95 Å². The lowest BCUT2D eigenvalue weighted by molar-refractivity contribution is -0.184. The Kier molecular flexibility index (Phi) is 7.96. The van der Waals surface area contributed by atoms with Gasteiger partial charge in [-0.05, 0) is 47.6 Å². The molecule has 10 nitrogen and oxygen atoms in total. The van der Waals surface area contributed by atoms with Crippen LogP contribution in [0.2, 0.25) is 5.15 Å². The maximum atomic E-state index is 12.8. The van der Waals surface area contributed by atoms with Crippen molar-refractivity contribution >= 4 is 48.5 Å². The first kappa shape index (κ1) is 25.7. The Morgan fingerprint density at radius 1 is 1.06 bits per heavy atom. The highest BCUT2D eigenvalue weighted by Gasteiger charge is 2.41. The molecule has 2 heterocycles. The number of hydrogen-bond donors (Lipinski definition) is 2. The monoisotopic (exact) mass is 484 g/mol. The van der Waals surface area contributed by atoms with Crippen molar-refractivity contribution in [3.63, 3.8) is 0 Å². The van der Waals surface area contributed by atoms with Crippen molar-refractivity contribution in [3.8, 4) is 0 Å². The van der Waals surface area contributed by atoms with Crippen LogP contribution < -0.4 is 5.73 Å². The highest BCUT2D eigenvalue weighted by atomic mass is 35.5. The lowest BCUT2D eigenvalue weighted by Crippen LogP contribution is -2.33. The van der Waals surface area contributed by atoms with Gasteiger partial charge in [-0.15, -0.1) is 0 Å². The molecule has 0 aromatic carbocycles. The number of nitrogen functional groups attached to an aromatic ring is 1. The number of halogens is 1. The van der Waals surface area contributed by atoms with Crippen LogP contribution in [0.15, 0.2) is 12.2 Å². The van der Waals surface area contributed by atoms with Crippen molar-refractivity contribution in [2.24, 2.45) is 10.8 Å². The van der Waals surface area contributed by atoms with E-state index in [4.69, 9.17) is 26.8 Å². The fourth-order valence-electron chi connectivity index (χ4n) is 2.16. The number of aromatic amines is 1. The number of hydrogen-bond acceptors (Lipinski definition) is 9. The summed E-state index contributed by atoms with van der Waals surface area (Å²) in [5.74, 6) is -0.649. The third-order valence-electron chi connectivity index (χ3n) is 4.01. The van der Waals surface area contributed by atoms with Crippen LogP contribution >= 0.6 is 19.4 Å². The number of nitrogens with one attached hydrogen (secondary N) is 1. The molecule has 0 aliphatic rings. The highest BCUT2D eigenvalue weighted by molar-refractivity contribution is 7.45. The number of ether oxygens (including phenoxy) is 2. The minimum Gasteiger partial charge on any atom is -0.384 e. The number of H-pyrrole nitrogens is 1. The Bertz CT molecular complexity index is 1030. The van der Waals surface area contributed by atoms with Crippen LogP contribution in [0.25, 0.3) is 11.2 Å². The number of rotatable bonds is 7. The number of allylic oxidation sites excluding steroid dienone is 2. The van der Waals surface area contributed by atoms with E-state index in [2.05, 4.69) is 19.9 Å². The van der Waals surface area contributed by atoms with E-state index in [0.717, 1.165) is 0 Å². The van der Waals surface area contributed by atoms with Gasteiger partial charge in [0.25, 0.3) is 0 Å². The van der Waals surface area contributed by atoms with Crippen molar-refractivity contribution in [1.82, 2.24) is 19.9 Å². The zero-order valence-electron chi connectivity index (χ0n) is 18.9. The smallest absolute Gasteiger partial charge is 0.384 e. The number of imidazole rings is 1. The minimum absolute atomic E-state index is 0.0220. The molecule has 0 saturated heterocycles. The Morgan fingerprint density at radius 2 is 1.62 bits per heavy atom. The molecule has 2 aromatic heterocycles. The molecule has 0 amide bonds. The van der Waals surface area contributed by atoms with Crippen LogP contribution in [0.1, 0.15) is 47.4 Å². The van der Waals surface area contributed by atoms with E-state index in [1.165, 1.54) is 0 Å². The van der Waals surface area contributed by atoms with Crippen molar-refractivity contribution in [1.29, 1.82) is 0 Å². The van der Waals surface area contributed by atoms with Crippen LogP contribution in [0.5, 0.6) is 0 Å². The predicted octanol–water partition coefficient (Wildman–Crippen LogP) is 3.98. The molecule has 0 bridgehead atoms. The molecule has 3 N–H and O–H groups in total. The molecule has 174 valence electrons. The lowest BCUT2D eigenvalue weighted by Gasteiger charge is -2.21. The number of carbonyl (C=O) groups excluding carboxylic acids is 2. The van der Waals surface area contributed by atoms with Crippen molar-refractivity contribution < 1.29 is 23.6 Å². The number of nitrogens with two attached hydrogens (primary N) is 1. The number of esters is 2. The summed E-state index contributed by atoms with van der Waals surface area (Å²) in [7, 11) is -2.23. The molecule has 0 radical (unpaired) electrons. The highest BCUT2D eigenvalue weighted by Crippen LogP contribution is 2.34. The SMILES string of the molecule is CC(C)(C)C(=O)OC(OC(=O)C(C)(C)C)[P+](=O)C/C=C/Cc1nc2nc(N)nc(Cl)c2[nH]1. The molecule has 12 heteroatoms. The van der Waals surface area contributed by atoms with Gasteiger partial charge < -0.3 is 20.2 Å². The molecule has 0 aliphatic heterocycles. The Hall–Kier alpha value is -2.58. The fraction of sp³-hybridized carbons (Fsp3) is 0.550. The summed E-state index contributed by atoms with van der Waals surface area (Å²) in [5, 5.41) is 0.169. The third kappa shape index (κ3) is 6.97. The van der Waals surface area contributed by atoms with Gasteiger partial charge in [0.2, 0.25) is 5.95 Å². The standard InChI is InChI=1S/C20H28ClN5O5P/c1-19(2,3)15(27)30-18(31-16(28)20(4,5)6)32(29)10-8-7-9-11-23-12-13(21)25-17(22)26-14(12)24-11/h7-8,18H,9-10H2,1-6H3,(H3,22,23,24,25,26)/q+1/b8-7+. The molecule has 2 rings (SSSR count). The summed E-state index contributed by atoms with van der Waals surface area (Å²) in [6, 6.07) is -1.48. The van der Waals surface area contributed by atoms with E-state index in [1.54, 1.807) is 53.7 Å². The van der Waals surface area contributed by atoms with Crippen molar-refractivity contribution in [2.75, 3.05) is 11.9 Å². The number of anilines is 1. The number of fused-ring (bicyclic) bond motifs is 1. The van der Waals surface area contributed by atoms with Crippen molar-refractivity contribution in [2.45, 2.75) is 54.0 Å². The van der Waals surface area contributed by atoms with E-state index in [-0.39, 0.29) is 17.3 Å². The molecule has 2 aromatic rings. The zero-order valence-corrected chi connectivity index (χ0v) is 20.6. The van der Waals surface area contributed by atoms with Crippen LogP contribution in [-0.2, 0) is 30.0 Å². The summed E-state index contributed by atoms with van der Waals surface area (Å²) in [6.45, 7) is 9.93. The number of carbonyl (C=O) groups is 2. The number of aromatic nitrogens is 4. The quantitative estimate of drug-likeness (QED) is 0.195. The van der Waals surface area contributed by atoms with Gasteiger partial charge in [-0.25, -0.2) is 4.98 Å². The van der Waals surface area contributed by atoms with E-state index in [0.29, 0.717) is 23.4 Å². The van der Waals surface area contributed by atoms with Gasteiger partial charge in [0, 0.05) is 6.42 Å². The average Bonchev–Trinajstić information content (AvgIpc) is 3.05. The van der Waals surface area contributed by atoms with Gasteiger partial charge in [0.1, 0.15) is 11.3 Å². The lowest BCUT2D eigenvalue weighted by atomic mass is 9.97. The van der Waals surface area contributed by atoms with Gasteiger partial charge >= 0.3 is 25.8 Å². The topological polar surface area (TPSA) is 150 Å². The molecular weight excluding hydrogens is 457 g/mol. The molecule has 1 unspecified atom stereocenters. The summed E-state index contributed by atoms with van der Waals surface area (Å²) >= 11 is 6.02. The van der Waals surface area contributed by atoms with Gasteiger partial charge in [0.15, 0.2) is 17.0 Å². The number of nitrogens with zero attached hydrogens (tertiary/aromatic N) is 3. The molecule has 1 atom stereocenters. The fourth-order valence-corrected chi connectivity index (χ4v) is 3.33. The molecule has 0 fully saturated rings. The average molecular weight is 485 g/mol. The second kappa shape index (κ2) is 9.92. The summed E-state index contributed by atoms with van der Waals surface area (Å²) in [6.07, 6.45) is 3.76. The summed E-state index contributed by atoms with van der Waals surface area (Å²) in [5.41, 5.74) is 4.70. The molecule has 0 saturated carbocycles. The van der Waals surface area contributed by atoms with Gasteiger partial charge in [0.05, 0.1) is 10.8 Å². The molecule has 0 aliphatic carbocycles. The Morgan fingerprint density at radius 3 is 2.16 bits per heavy atom. The maximum Gasteiger partial charge on any atom is 0.451 e. The first-order valence-electron chi connectivity index (χ1n) is 9.87. The first-order chi connectivity index (χ1) is 14.7. The summed E-state index contributed by atoms with van der Waals surface area (Å²) in [4.78, 5) is 39.7. The Labute approximate surface area is 192 Å². The summed E-state index contributed by atoms with van der Waals surface area (Å²) < 4.78 is 23.3. The van der Waals surface area contributed by atoms with E-state index in [1.807, 2.05) is 0 Å².